The minimum absolute atomic E-state index is 0.0205. The van der Waals surface area contributed by atoms with Crippen LogP contribution in [0.1, 0.15) is 27.3 Å². The summed E-state index contributed by atoms with van der Waals surface area (Å²) in [4.78, 5) is 33.1. The molecule has 1 aliphatic heterocycles. The van der Waals surface area contributed by atoms with Crippen LogP contribution in [0.3, 0.4) is 0 Å². The maximum atomic E-state index is 14.0. The summed E-state index contributed by atoms with van der Waals surface area (Å²) < 4.78 is 34.1. The molecule has 10 nitrogen and oxygen atoms in total. The number of rotatable bonds is 7. The molecule has 0 bridgehead atoms. The van der Waals surface area contributed by atoms with Crippen molar-refractivity contribution in [2.75, 3.05) is 26.8 Å². The Bertz CT molecular complexity index is 831. The Balaban J connectivity index is 1.69. The van der Waals surface area contributed by atoms with Crippen molar-refractivity contribution in [3.05, 3.63) is 36.2 Å². The number of nitrogens with zero attached hydrogens (tertiary/aromatic N) is 6. The molecule has 1 fully saturated rings. The fourth-order valence-electron chi connectivity index (χ4n) is 2.94. The maximum Gasteiger partial charge on any atom is 0.273 e. The van der Waals surface area contributed by atoms with Crippen LogP contribution in [0, 0.1) is 0 Å². The molecule has 12 heteroatoms. The van der Waals surface area contributed by atoms with Gasteiger partial charge in [0.15, 0.2) is 5.69 Å². The van der Waals surface area contributed by atoms with Crippen LogP contribution < -0.4 is 5.32 Å². The number of ether oxygens (including phenoxy) is 1. The van der Waals surface area contributed by atoms with E-state index < -0.39 is 36.7 Å². The summed E-state index contributed by atoms with van der Waals surface area (Å²) in [5, 5.41) is 10.2. The Morgan fingerprint density at radius 1 is 1.36 bits per heavy atom. The fraction of sp³-hybridized carbons (Fsp3) is 0.500. The third-order valence-electron chi connectivity index (χ3n) is 4.21. The lowest BCUT2D eigenvalue weighted by Gasteiger charge is -2.23. The lowest BCUT2D eigenvalue weighted by atomic mass is 10.2. The summed E-state index contributed by atoms with van der Waals surface area (Å²) in [7, 11) is 1.51. The molecule has 2 aromatic heterocycles. The van der Waals surface area contributed by atoms with Gasteiger partial charge >= 0.3 is 0 Å². The first-order valence-corrected chi connectivity index (χ1v) is 8.51. The van der Waals surface area contributed by atoms with Crippen molar-refractivity contribution < 1.29 is 23.1 Å². The van der Waals surface area contributed by atoms with Crippen molar-refractivity contribution in [1.29, 1.82) is 0 Å². The van der Waals surface area contributed by atoms with E-state index in [2.05, 4.69) is 25.6 Å². The van der Waals surface area contributed by atoms with Gasteiger partial charge in [0.05, 0.1) is 37.5 Å². The SMILES string of the molecule is COCCNC(=O)c1cn(C[C@@H]2CC(F)(F)CN2C(=O)c2cncnc2)nn1. The van der Waals surface area contributed by atoms with Crippen molar-refractivity contribution in [2.45, 2.75) is 24.9 Å². The highest BCUT2D eigenvalue weighted by Gasteiger charge is 2.47. The monoisotopic (exact) mass is 395 g/mol. The van der Waals surface area contributed by atoms with E-state index in [1.165, 1.54) is 36.7 Å². The lowest BCUT2D eigenvalue weighted by Crippen LogP contribution is -2.39. The number of aromatic nitrogens is 5. The lowest BCUT2D eigenvalue weighted by molar-refractivity contribution is 0.0117. The molecule has 0 aliphatic carbocycles. The summed E-state index contributed by atoms with van der Waals surface area (Å²) in [6.07, 6.45) is 4.65. The summed E-state index contributed by atoms with van der Waals surface area (Å²) in [6.45, 7) is -0.0758. The Morgan fingerprint density at radius 2 is 2.11 bits per heavy atom. The van der Waals surface area contributed by atoms with Crippen LogP contribution in [-0.4, -0.2) is 80.4 Å². The average molecular weight is 395 g/mol. The molecule has 1 saturated heterocycles. The number of carbonyl (C=O) groups excluding carboxylic acids is 2. The second-order valence-electron chi connectivity index (χ2n) is 6.35. The van der Waals surface area contributed by atoms with E-state index in [-0.39, 0.29) is 17.8 Å². The number of amides is 2. The van der Waals surface area contributed by atoms with Crippen LogP contribution in [0.15, 0.2) is 24.9 Å². The molecule has 1 aliphatic rings. The van der Waals surface area contributed by atoms with Crippen molar-refractivity contribution in [1.82, 2.24) is 35.2 Å². The number of carbonyl (C=O) groups is 2. The topological polar surface area (TPSA) is 115 Å². The minimum Gasteiger partial charge on any atom is -0.383 e. The summed E-state index contributed by atoms with van der Waals surface area (Å²) in [6, 6.07) is -0.811. The fourth-order valence-corrected chi connectivity index (χ4v) is 2.94. The summed E-state index contributed by atoms with van der Waals surface area (Å²) in [5.41, 5.74) is 0.178. The smallest absolute Gasteiger partial charge is 0.273 e. The van der Waals surface area contributed by atoms with Gasteiger partial charge in [0.2, 0.25) is 0 Å². The molecule has 0 saturated carbocycles. The van der Waals surface area contributed by atoms with Crippen LogP contribution in [0.2, 0.25) is 0 Å². The quantitative estimate of drug-likeness (QED) is 0.656. The number of likely N-dealkylation sites (tertiary alicyclic amines) is 1. The van der Waals surface area contributed by atoms with Crippen molar-refractivity contribution in [2.24, 2.45) is 0 Å². The number of alkyl halides is 2. The number of nitrogens with one attached hydrogen (secondary N) is 1. The van der Waals surface area contributed by atoms with E-state index >= 15 is 0 Å². The van der Waals surface area contributed by atoms with Gasteiger partial charge in [0.25, 0.3) is 17.7 Å². The molecule has 0 unspecified atom stereocenters. The first-order chi connectivity index (χ1) is 13.4. The highest BCUT2D eigenvalue weighted by molar-refractivity contribution is 5.94. The molecule has 0 radical (unpaired) electrons. The third kappa shape index (κ3) is 4.63. The Kier molecular flexibility index (Phi) is 5.87. The zero-order chi connectivity index (χ0) is 20.1. The molecule has 150 valence electrons. The Labute approximate surface area is 158 Å². The predicted molar refractivity (Wildman–Crippen MR) is 90.7 cm³/mol. The minimum atomic E-state index is -3.02. The molecular formula is C16H19F2N7O3. The highest BCUT2D eigenvalue weighted by atomic mass is 19.3. The first-order valence-electron chi connectivity index (χ1n) is 8.51. The van der Waals surface area contributed by atoms with Gasteiger partial charge in [0, 0.05) is 32.5 Å². The average Bonchev–Trinajstić information content (AvgIpc) is 3.26. The first kappa shape index (κ1) is 19.7. The van der Waals surface area contributed by atoms with Crippen LogP contribution in [0.25, 0.3) is 0 Å². The normalized spacial score (nSPS) is 18.2. The van der Waals surface area contributed by atoms with Crippen LogP contribution in [0.5, 0.6) is 0 Å². The van der Waals surface area contributed by atoms with Gasteiger partial charge in [-0.3, -0.25) is 9.59 Å². The van der Waals surface area contributed by atoms with Crippen molar-refractivity contribution in [3.63, 3.8) is 0 Å². The van der Waals surface area contributed by atoms with E-state index in [0.29, 0.717) is 13.2 Å². The third-order valence-corrected chi connectivity index (χ3v) is 4.21. The number of halogens is 2. The molecule has 0 aromatic carbocycles. The standard InChI is InChI=1S/C16H19F2N7O3/c1-28-3-2-21-14(26)13-8-24(23-22-13)7-12-4-16(17,18)9-25(12)15(27)11-5-19-10-20-6-11/h5-6,8,10,12H,2-4,7,9H2,1H3,(H,21,26)/t12-/m0/s1. The number of methoxy groups -OCH3 is 1. The summed E-state index contributed by atoms with van der Waals surface area (Å²) in [5.74, 6) is -4.05. The molecule has 3 rings (SSSR count). The van der Waals surface area contributed by atoms with Gasteiger partial charge in [-0.15, -0.1) is 5.10 Å². The Morgan fingerprint density at radius 3 is 2.82 bits per heavy atom. The zero-order valence-electron chi connectivity index (χ0n) is 15.1. The molecular weight excluding hydrogens is 376 g/mol. The molecule has 0 spiro atoms. The van der Waals surface area contributed by atoms with Crippen LogP contribution in [0.4, 0.5) is 8.78 Å². The van der Waals surface area contributed by atoms with E-state index in [1.807, 2.05) is 0 Å². The second-order valence-corrected chi connectivity index (χ2v) is 6.35. The maximum absolute atomic E-state index is 14.0. The zero-order valence-corrected chi connectivity index (χ0v) is 15.1. The molecule has 1 atom stereocenters. The van der Waals surface area contributed by atoms with Gasteiger partial charge < -0.3 is 15.0 Å². The molecule has 3 heterocycles. The van der Waals surface area contributed by atoms with Gasteiger partial charge in [-0.25, -0.2) is 23.4 Å². The predicted octanol–water partition coefficient (Wildman–Crippen LogP) is -0.00570. The van der Waals surface area contributed by atoms with Crippen LogP contribution >= 0.6 is 0 Å². The number of hydrogen-bond acceptors (Lipinski definition) is 7. The Hall–Kier alpha value is -3.02. The van der Waals surface area contributed by atoms with Crippen molar-refractivity contribution in [3.8, 4) is 0 Å². The largest absolute Gasteiger partial charge is 0.383 e. The molecule has 2 aromatic rings. The number of hydrogen-bond donors (Lipinski definition) is 1. The molecule has 2 amide bonds. The van der Waals surface area contributed by atoms with Gasteiger partial charge in [-0.1, -0.05) is 5.21 Å². The van der Waals surface area contributed by atoms with Crippen molar-refractivity contribution >= 4 is 11.8 Å². The van der Waals surface area contributed by atoms with E-state index in [9.17, 15) is 18.4 Å². The molecule has 28 heavy (non-hydrogen) atoms. The van der Waals surface area contributed by atoms with Gasteiger partial charge in [0.1, 0.15) is 6.33 Å². The highest BCUT2D eigenvalue weighted by Crippen LogP contribution is 2.33. The van der Waals surface area contributed by atoms with Gasteiger partial charge in [-0.2, -0.15) is 0 Å². The molecule has 1 N–H and O–H groups in total. The van der Waals surface area contributed by atoms with E-state index in [1.54, 1.807) is 0 Å². The van der Waals surface area contributed by atoms with E-state index in [0.717, 1.165) is 4.90 Å². The van der Waals surface area contributed by atoms with E-state index in [4.69, 9.17) is 4.74 Å². The van der Waals surface area contributed by atoms with Gasteiger partial charge in [-0.05, 0) is 0 Å². The summed E-state index contributed by atoms with van der Waals surface area (Å²) >= 11 is 0. The van der Waals surface area contributed by atoms with Crippen LogP contribution in [-0.2, 0) is 11.3 Å². The second kappa shape index (κ2) is 8.33.